The van der Waals surface area contributed by atoms with Crippen LogP contribution in [0.3, 0.4) is 0 Å². The quantitative estimate of drug-likeness (QED) is 0.486. The average molecular weight is 154 g/mol. The molecule has 0 saturated carbocycles. The van der Waals surface area contributed by atoms with Crippen molar-refractivity contribution in [1.82, 2.24) is 0 Å². The molecule has 0 radical (unpaired) electrons. The minimum Gasteiger partial charge on any atom is -0.508 e. The molecule has 0 aliphatic rings. The van der Waals surface area contributed by atoms with Crippen molar-refractivity contribution in [1.29, 1.82) is 0 Å². The zero-order valence-corrected chi connectivity index (χ0v) is 7.67. The van der Waals surface area contributed by atoms with Crippen molar-refractivity contribution in [2.75, 3.05) is 0 Å². The molecule has 0 aromatic heterocycles. The molecular weight excluding hydrogens is 136 g/mol. The molecule has 0 aliphatic carbocycles. The first-order chi connectivity index (χ1) is 5.07. The Bertz CT molecular complexity index is 145. The van der Waals surface area contributed by atoms with E-state index in [0.717, 1.165) is 6.42 Å². The largest absolute Gasteiger partial charge is 0.508 e. The molecule has 0 rings (SSSR count). The number of allylic oxidation sites excluding steroid dienone is 2. The van der Waals surface area contributed by atoms with Crippen LogP contribution in [0.25, 0.3) is 0 Å². The summed E-state index contributed by atoms with van der Waals surface area (Å²) in [5.41, 5.74) is 0. The topological polar surface area (TPSA) is 20.2 Å². The minimum absolute atomic E-state index is 0.289. The molecular formula is C10H18O. The Morgan fingerprint density at radius 3 is 2.36 bits per heavy atom. The van der Waals surface area contributed by atoms with Crippen LogP contribution in [0.5, 0.6) is 0 Å². The van der Waals surface area contributed by atoms with E-state index in [9.17, 15) is 0 Å². The molecule has 0 heterocycles. The fraction of sp³-hybridized carbons (Fsp3) is 0.600. The first-order valence-electron chi connectivity index (χ1n) is 4.09. The van der Waals surface area contributed by atoms with E-state index in [1.165, 1.54) is 6.08 Å². The van der Waals surface area contributed by atoms with Crippen LogP contribution in [0.2, 0.25) is 0 Å². The van der Waals surface area contributed by atoms with Gasteiger partial charge in [0.25, 0.3) is 0 Å². The highest BCUT2D eigenvalue weighted by molar-refractivity contribution is 5.06. The summed E-state index contributed by atoms with van der Waals surface area (Å²) in [7, 11) is 0. The van der Waals surface area contributed by atoms with Crippen molar-refractivity contribution in [3.63, 3.8) is 0 Å². The van der Waals surface area contributed by atoms with E-state index in [-0.39, 0.29) is 5.76 Å². The highest BCUT2D eigenvalue weighted by Crippen LogP contribution is 2.14. The highest BCUT2D eigenvalue weighted by Gasteiger charge is 2.04. The van der Waals surface area contributed by atoms with Crippen molar-refractivity contribution in [3.05, 3.63) is 24.5 Å². The van der Waals surface area contributed by atoms with Crippen molar-refractivity contribution in [2.45, 2.75) is 27.2 Å². The van der Waals surface area contributed by atoms with Gasteiger partial charge in [0.05, 0.1) is 0 Å². The minimum atomic E-state index is 0.289. The van der Waals surface area contributed by atoms with Crippen molar-refractivity contribution < 1.29 is 5.11 Å². The standard InChI is InChI=1S/C10H18O/c1-5-10(11)7-6-9(4)8(2)3/h5,7-9,11H,1,6H2,2-4H3. The summed E-state index contributed by atoms with van der Waals surface area (Å²) >= 11 is 0. The molecule has 1 atom stereocenters. The molecule has 1 N–H and O–H groups in total. The number of hydrogen-bond acceptors (Lipinski definition) is 1. The average Bonchev–Trinajstić information content (AvgIpc) is 1.99. The van der Waals surface area contributed by atoms with Crippen LogP contribution in [0.15, 0.2) is 24.5 Å². The second kappa shape index (κ2) is 5.00. The summed E-state index contributed by atoms with van der Waals surface area (Å²) in [6, 6.07) is 0. The van der Waals surface area contributed by atoms with Gasteiger partial charge in [-0.1, -0.05) is 27.4 Å². The second-order valence-corrected chi connectivity index (χ2v) is 3.29. The van der Waals surface area contributed by atoms with Gasteiger partial charge in [-0.05, 0) is 30.4 Å². The van der Waals surface area contributed by atoms with Crippen molar-refractivity contribution >= 4 is 0 Å². The van der Waals surface area contributed by atoms with E-state index in [2.05, 4.69) is 27.4 Å². The molecule has 0 amide bonds. The second-order valence-electron chi connectivity index (χ2n) is 3.29. The van der Waals surface area contributed by atoms with Gasteiger partial charge < -0.3 is 5.11 Å². The molecule has 0 aliphatic heterocycles. The van der Waals surface area contributed by atoms with E-state index in [4.69, 9.17) is 5.11 Å². The fourth-order valence-electron chi connectivity index (χ4n) is 0.662. The van der Waals surface area contributed by atoms with Crippen LogP contribution >= 0.6 is 0 Å². The third-order valence-corrected chi connectivity index (χ3v) is 2.05. The molecule has 0 saturated heterocycles. The summed E-state index contributed by atoms with van der Waals surface area (Å²) < 4.78 is 0. The molecule has 1 heteroatoms. The molecule has 1 unspecified atom stereocenters. The normalized spacial score (nSPS) is 15.1. The molecule has 0 spiro atoms. The lowest BCUT2D eigenvalue weighted by molar-refractivity contribution is 0.401. The van der Waals surface area contributed by atoms with Gasteiger partial charge in [-0.15, -0.1) is 0 Å². The number of hydrogen-bond donors (Lipinski definition) is 1. The summed E-state index contributed by atoms with van der Waals surface area (Å²) in [5.74, 6) is 1.58. The van der Waals surface area contributed by atoms with Crippen LogP contribution in [0.4, 0.5) is 0 Å². The lowest BCUT2D eigenvalue weighted by Crippen LogP contribution is -2.01. The zero-order valence-electron chi connectivity index (χ0n) is 7.67. The van der Waals surface area contributed by atoms with Crippen molar-refractivity contribution in [2.24, 2.45) is 11.8 Å². The molecule has 64 valence electrons. The van der Waals surface area contributed by atoms with E-state index >= 15 is 0 Å². The lowest BCUT2D eigenvalue weighted by atomic mass is 9.94. The molecule has 0 aromatic rings. The maximum absolute atomic E-state index is 9.03. The van der Waals surface area contributed by atoms with E-state index < -0.39 is 0 Å². The Morgan fingerprint density at radius 2 is 2.00 bits per heavy atom. The molecule has 0 fully saturated rings. The van der Waals surface area contributed by atoms with E-state index in [0.29, 0.717) is 11.8 Å². The van der Waals surface area contributed by atoms with E-state index in [1.807, 2.05) is 6.08 Å². The van der Waals surface area contributed by atoms with Gasteiger partial charge in [-0.25, -0.2) is 0 Å². The predicted octanol–water partition coefficient (Wildman–Crippen LogP) is 3.30. The number of aliphatic hydroxyl groups excluding tert-OH is 1. The Labute approximate surface area is 69.4 Å². The first kappa shape index (κ1) is 10.3. The maximum Gasteiger partial charge on any atom is 0.111 e. The van der Waals surface area contributed by atoms with Gasteiger partial charge >= 0.3 is 0 Å². The Balaban J connectivity index is 3.77. The Morgan fingerprint density at radius 1 is 1.45 bits per heavy atom. The highest BCUT2D eigenvalue weighted by atomic mass is 16.3. The molecule has 0 bridgehead atoms. The number of aliphatic hydroxyl groups is 1. The van der Waals surface area contributed by atoms with Gasteiger partial charge in [0, 0.05) is 0 Å². The lowest BCUT2D eigenvalue weighted by Gasteiger charge is -2.12. The van der Waals surface area contributed by atoms with Crippen LogP contribution in [-0.2, 0) is 0 Å². The SMILES string of the molecule is C=CC(O)=CCC(C)C(C)C. The fourth-order valence-corrected chi connectivity index (χ4v) is 0.662. The Kier molecular flexibility index (Phi) is 4.67. The predicted molar refractivity (Wildman–Crippen MR) is 49.5 cm³/mol. The monoisotopic (exact) mass is 154 g/mol. The van der Waals surface area contributed by atoms with Gasteiger partial charge in [-0.2, -0.15) is 0 Å². The van der Waals surface area contributed by atoms with Crippen LogP contribution in [0, 0.1) is 11.8 Å². The molecule has 1 nitrogen and oxygen atoms in total. The summed E-state index contributed by atoms with van der Waals surface area (Å²) in [4.78, 5) is 0. The Hall–Kier alpha value is -0.720. The van der Waals surface area contributed by atoms with Crippen LogP contribution < -0.4 is 0 Å². The van der Waals surface area contributed by atoms with Crippen LogP contribution in [0.1, 0.15) is 27.2 Å². The smallest absolute Gasteiger partial charge is 0.111 e. The van der Waals surface area contributed by atoms with Crippen molar-refractivity contribution in [3.8, 4) is 0 Å². The van der Waals surface area contributed by atoms with Crippen LogP contribution in [-0.4, -0.2) is 5.11 Å². The van der Waals surface area contributed by atoms with Gasteiger partial charge in [-0.3, -0.25) is 0 Å². The van der Waals surface area contributed by atoms with E-state index in [1.54, 1.807) is 0 Å². The van der Waals surface area contributed by atoms with Gasteiger partial charge in [0.1, 0.15) is 5.76 Å². The van der Waals surface area contributed by atoms with Gasteiger partial charge in [0.2, 0.25) is 0 Å². The third kappa shape index (κ3) is 4.65. The summed E-state index contributed by atoms with van der Waals surface area (Å²) in [6.07, 6.45) is 4.21. The summed E-state index contributed by atoms with van der Waals surface area (Å²) in [6.45, 7) is 10.0. The zero-order chi connectivity index (χ0) is 8.85. The van der Waals surface area contributed by atoms with Gasteiger partial charge in [0.15, 0.2) is 0 Å². The molecule has 11 heavy (non-hydrogen) atoms. The molecule has 0 aromatic carbocycles. The first-order valence-corrected chi connectivity index (χ1v) is 4.09. The number of rotatable bonds is 4. The third-order valence-electron chi connectivity index (χ3n) is 2.05. The summed E-state index contributed by atoms with van der Waals surface area (Å²) in [5, 5.41) is 9.03. The maximum atomic E-state index is 9.03.